The van der Waals surface area contributed by atoms with Gasteiger partial charge in [-0.1, -0.05) is 25.1 Å². The molecule has 1 fully saturated rings. The van der Waals surface area contributed by atoms with Crippen LogP contribution in [0.15, 0.2) is 77.5 Å². The van der Waals surface area contributed by atoms with Crippen LogP contribution in [0.3, 0.4) is 0 Å². The molecule has 4 aromatic rings. The van der Waals surface area contributed by atoms with Crippen LogP contribution in [0.4, 0.5) is 0 Å². The number of aryl methyl sites for hydroxylation is 2. The van der Waals surface area contributed by atoms with Gasteiger partial charge in [0.1, 0.15) is 5.76 Å². The Morgan fingerprint density at radius 3 is 2.55 bits per heavy atom. The molecule has 0 aliphatic carbocycles. The second-order valence-electron chi connectivity index (χ2n) is 8.52. The molecule has 1 aliphatic rings. The Bertz CT molecular complexity index is 1250. The van der Waals surface area contributed by atoms with Gasteiger partial charge in [-0.2, -0.15) is 0 Å². The molecule has 0 radical (unpaired) electrons. The summed E-state index contributed by atoms with van der Waals surface area (Å²) in [5.41, 5.74) is 7.13. The van der Waals surface area contributed by atoms with E-state index < -0.39 is 0 Å². The molecular weight excluding hydrogens is 428 g/mol. The van der Waals surface area contributed by atoms with E-state index in [1.807, 2.05) is 30.5 Å². The maximum Gasteiger partial charge on any atom is 0.170 e. The van der Waals surface area contributed by atoms with Gasteiger partial charge in [0.05, 0.1) is 30.6 Å². The van der Waals surface area contributed by atoms with Crippen molar-refractivity contribution in [1.82, 2.24) is 19.8 Å². The van der Waals surface area contributed by atoms with Crippen LogP contribution in [0.5, 0.6) is 0 Å². The molecule has 2 unspecified atom stereocenters. The quantitative estimate of drug-likeness (QED) is 0.371. The zero-order chi connectivity index (χ0) is 22.9. The number of thiocarbonyl (C=S) groups is 1. The topological polar surface area (TPSA) is 46.2 Å². The number of nitrogens with zero attached hydrogens (tertiary/aromatic N) is 3. The summed E-state index contributed by atoms with van der Waals surface area (Å²) in [6.45, 7) is 7.14. The highest BCUT2D eigenvalue weighted by Crippen LogP contribution is 2.42. The fourth-order valence-corrected chi connectivity index (χ4v) is 5.15. The van der Waals surface area contributed by atoms with Crippen molar-refractivity contribution >= 4 is 17.3 Å². The molecule has 168 valence electrons. The smallest absolute Gasteiger partial charge is 0.170 e. The lowest BCUT2D eigenvalue weighted by atomic mass is 9.96. The molecule has 3 aromatic heterocycles. The van der Waals surface area contributed by atoms with Gasteiger partial charge in [0.2, 0.25) is 0 Å². The predicted octanol–water partition coefficient (Wildman–Crippen LogP) is 5.82. The SMILES string of the molecule is CCc1ccc(-n2c(C)cc(C3C(c4ccccn4)NC(=S)N3Cc3ccco3)c2C)cc1. The minimum Gasteiger partial charge on any atom is -0.467 e. The van der Waals surface area contributed by atoms with E-state index in [4.69, 9.17) is 16.6 Å². The number of hydrogen-bond acceptors (Lipinski definition) is 3. The van der Waals surface area contributed by atoms with Crippen LogP contribution in [0.1, 0.15) is 53.0 Å². The molecule has 5 nitrogen and oxygen atoms in total. The Kier molecular flexibility index (Phi) is 5.77. The normalized spacial score (nSPS) is 18.0. The summed E-state index contributed by atoms with van der Waals surface area (Å²) in [5, 5.41) is 4.25. The van der Waals surface area contributed by atoms with Crippen LogP contribution in [-0.4, -0.2) is 19.6 Å². The van der Waals surface area contributed by atoms with Crippen molar-refractivity contribution in [3.63, 3.8) is 0 Å². The standard InChI is InChI=1S/C27H28N4OS/c1-4-20-10-12-21(13-11-20)31-18(2)16-23(19(31)3)26-25(24-9-5-6-14-28-24)29-27(33)30(26)17-22-8-7-15-32-22/h5-16,25-26H,4,17H2,1-3H3,(H,29,33). The maximum atomic E-state index is 5.81. The van der Waals surface area contributed by atoms with E-state index in [0.29, 0.717) is 11.7 Å². The number of nitrogens with one attached hydrogen (secondary N) is 1. The number of rotatable bonds is 6. The number of pyridine rings is 1. The van der Waals surface area contributed by atoms with Gasteiger partial charge in [-0.3, -0.25) is 4.98 Å². The van der Waals surface area contributed by atoms with Gasteiger partial charge in [0.15, 0.2) is 5.11 Å². The van der Waals surface area contributed by atoms with Crippen LogP contribution >= 0.6 is 12.2 Å². The Morgan fingerprint density at radius 1 is 1.06 bits per heavy atom. The first-order valence-electron chi connectivity index (χ1n) is 11.4. The highest BCUT2D eigenvalue weighted by molar-refractivity contribution is 7.80. The van der Waals surface area contributed by atoms with Crippen LogP contribution in [-0.2, 0) is 13.0 Å². The molecule has 1 aromatic carbocycles. The van der Waals surface area contributed by atoms with E-state index in [0.717, 1.165) is 17.9 Å². The molecule has 0 bridgehead atoms. The Balaban J connectivity index is 1.60. The van der Waals surface area contributed by atoms with Gasteiger partial charge in [0.25, 0.3) is 0 Å². The largest absolute Gasteiger partial charge is 0.467 e. The van der Waals surface area contributed by atoms with Crippen LogP contribution < -0.4 is 5.32 Å². The summed E-state index contributed by atoms with van der Waals surface area (Å²) in [6.07, 6.45) is 4.58. The van der Waals surface area contributed by atoms with Crippen molar-refractivity contribution in [2.75, 3.05) is 0 Å². The molecule has 4 heterocycles. The lowest BCUT2D eigenvalue weighted by molar-refractivity contribution is 0.286. The third kappa shape index (κ3) is 3.95. The van der Waals surface area contributed by atoms with E-state index in [1.165, 1.54) is 28.2 Å². The lowest BCUT2D eigenvalue weighted by Gasteiger charge is -2.27. The first-order chi connectivity index (χ1) is 16.1. The first kappa shape index (κ1) is 21.5. The minimum absolute atomic E-state index is 0.00707. The number of aromatic nitrogens is 2. The van der Waals surface area contributed by atoms with E-state index in [9.17, 15) is 0 Å². The number of benzene rings is 1. The van der Waals surface area contributed by atoms with E-state index >= 15 is 0 Å². The van der Waals surface area contributed by atoms with Crippen LogP contribution in [0.2, 0.25) is 0 Å². The van der Waals surface area contributed by atoms with Crippen molar-refractivity contribution in [2.45, 2.75) is 45.8 Å². The molecule has 6 heteroatoms. The van der Waals surface area contributed by atoms with E-state index in [-0.39, 0.29) is 12.1 Å². The van der Waals surface area contributed by atoms with Crippen LogP contribution in [0, 0.1) is 13.8 Å². The second-order valence-corrected chi connectivity index (χ2v) is 8.90. The summed E-state index contributed by atoms with van der Waals surface area (Å²) in [6, 6.07) is 21.0. The summed E-state index contributed by atoms with van der Waals surface area (Å²) >= 11 is 5.81. The van der Waals surface area contributed by atoms with Crippen molar-refractivity contribution in [1.29, 1.82) is 0 Å². The average Bonchev–Trinajstić information content (AvgIpc) is 3.54. The third-order valence-corrected chi connectivity index (χ3v) is 6.85. The summed E-state index contributed by atoms with van der Waals surface area (Å²) in [5.74, 6) is 0.884. The highest BCUT2D eigenvalue weighted by atomic mass is 32.1. The molecule has 1 aliphatic heterocycles. The van der Waals surface area contributed by atoms with Crippen LogP contribution in [0.25, 0.3) is 5.69 Å². The molecule has 1 saturated heterocycles. The lowest BCUT2D eigenvalue weighted by Crippen LogP contribution is -2.29. The number of furan rings is 1. The first-order valence-corrected chi connectivity index (χ1v) is 11.8. The van der Waals surface area contributed by atoms with Gasteiger partial charge in [-0.25, -0.2) is 0 Å². The van der Waals surface area contributed by atoms with Gasteiger partial charge < -0.3 is 19.2 Å². The molecular formula is C27H28N4OS. The van der Waals surface area contributed by atoms with E-state index in [2.05, 4.69) is 76.9 Å². The van der Waals surface area contributed by atoms with Crippen molar-refractivity contribution in [3.05, 3.63) is 107 Å². The fourth-order valence-electron chi connectivity index (χ4n) is 4.85. The maximum absolute atomic E-state index is 5.81. The Morgan fingerprint density at radius 2 is 1.88 bits per heavy atom. The summed E-state index contributed by atoms with van der Waals surface area (Å²) < 4.78 is 8.00. The zero-order valence-electron chi connectivity index (χ0n) is 19.2. The molecule has 0 amide bonds. The van der Waals surface area contributed by atoms with Gasteiger partial charge in [-0.15, -0.1) is 0 Å². The third-order valence-electron chi connectivity index (χ3n) is 6.50. The van der Waals surface area contributed by atoms with Gasteiger partial charge in [0, 0.05) is 23.3 Å². The molecule has 5 rings (SSSR count). The predicted molar refractivity (Wildman–Crippen MR) is 134 cm³/mol. The summed E-state index contributed by atoms with van der Waals surface area (Å²) in [4.78, 5) is 6.88. The van der Waals surface area contributed by atoms with Crippen molar-refractivity contribution in [3.8, 4) is 5.69 Å². The fraction of sp³-hybridized carbons (Fsp3) is 0.259. The van der Waals surface area contributed by atoms with Crippen molar-refractivity contribution < 1.29 is 4.42 Å². The molecule has 2 atom stereocenters. The second kappa shape index (κ2) is 8.87. The number of hydrogen-bond donors (Lipinski definition) is 1. The average molecular weight is 457 g/mol. The van der Waals surface area contributed by atoms with Gasteiger partial charge >= 0.3 is 0 Å². The summed E-state index contributed by atoms with van der Waals surface area (Å²) in [7, 11) is 0. The Hall–Kier alpha value is -3.38. The molecule has 0 saturated carbocycles. The minimum atomic E-state index is -0.0509. The highest BCUT2D eigenvalue weighted by Gasteiger charge is 2.41. The zero-order valence-corrected chi connectivity index (χ0v) is 20.0. The molecule has 0 spiro atoms. The van der Waals surface area contributed by atoms with E-state index in [1.54, 1.807) is 6.26 Å². The molecule has 1 N–H and O–H groups in total. The Labute approximate surface area is 200 Å². The van der Waals surface area contributed by atoms with Gasteiger partial charge in [-0.05, 0) is 86.1 Å². The monoisotopic (exact) mass is 456 g/mol. The van der Waals surface area contributed by atoms with Crippen molar-refractivity contribution in [2.24, 2.45) is 0 Å². The molecule has 33 heavy (non-hydrogen) atoms.